The SMILES string of the molecule is COS(=O)(=O)c1ccc(C)cc1C1CCN(c2ccc3c(c2)C(=O)N(C2CCC(=O)NC2=O)C3)CC1. The largest absolute Gasteiger partial charge is 0.371 e. The molecule has 0 bridgehead atoms. The molecular weight excluding hydrogens is 482 g/mol. The molecule has 5 rings (SSSR count). The van der Waals surface area contributed by atoms with Gasteiger partial charge in [-0.1, -0.05) is 23.8 Å². The number of fused-ring (bicyclic) bond motifs is 1. The van der Waals surface area contributed by atoms with Gasteiger partial charge in [-0.05, 0) is 61.4 Å². The van der Waals surface area contributed by atoms with Crippen LogP contribution in [0.3, 0.4) is 0 Å². The molecule has 1 unspecified atom stereocenters. The molecule has 2 aromatic carbocycles. The molecule has 3 heterocycles. The van der Waals surface area contributed by atoms with Crippen molar-refractivity contribution in [3.05, 3.63) is 58.7 Å². The topological polar surface area (TPSA) is 113 Å². The predicted molar refractivity (Wildman–Crippen MR) is 132 cm³/mol. The zero-order valence-electron chi connectivity index (χ0n) is 20.3. The van der Waals surface area contributed by atoms with Crippen molar-refractivity contribution in [1.29, 1.82) is 0 Å². The van der Waals surface area contributed by atoms with Crippen LogP contribution in [-0.4, -0.2) is 57.3 Å². The number of nitrogens with zero attached hydrogens (tertiary/aromatic N) is 2. The summed E-state index contributed by atoms with van der Waals surface area (Å²) >= 11 is 0. The number of benzene rings is 2. The van der Waals surface area contributed by atoms with Crippen LogP contribution in [0.4, 0.5) is 5.69 Å². The molecule has 0 radical (unpaired) electrons. The molecular formula is C26H29N3O6S. The van der Waals surface area contributed by atoms with E-state index in [-0.39, 0.29) is 29.0 Å². The molecule has 0 aromatic heterocycles. The van der Waals surface area contributed by atoms with Gasteiger partial charge in [0, 0.05) is 37.3 Å². The number of anilines is 1. The van der Waals surface area contributed by atoms with Crippen LogP contribution in [-0.2, 0) is 30.4 Å². The van der Waals surface area contributed by atoms with Crippen LogP contribution in [0, 0.1) is 6.92 Å². The summed E-state index contributed by atoms with van der Waals surface area (Å²) in [5.41, 5.74) is 4.18. The van der Waals surface area contributed by atoms with Crippen molar-refractivity contribution >= 4 is 33.5 Å². The van der Waals surface area contributed by atoms with Crippen LogP contribution in [0.15, 0.2) is 41.3 Å². The second-order valence-corrected chi connectivity index (χ2v) is 11.3. The van der Waals surface area contributed by atoms with Gasteiger partial charge in [0.15, 0.2) is 0 Å². The molecule has 3 aliphatic heterocycles. The quantitative estimate of drug-likeness (QED) is 0.485. The fraction of sp³-hybridized carbons (Fsp3) is 0.423. The second kappa shape index (κ2) is 9.33. The number of nitrogens with one attached hydrogen (secondary N) is 1. The first kappa shape index (κ1) is 24.5. The number of aryl methyl sites for hydroxylation is 1. The molecule has 3 aliphatic rings. The van der Waals surface area contributed by atoms with Crippen LogP contribution in [0.1, 0.15) is 58.6 Å². The molecule has 0 saturated carbocycles. The van der Waals surface area contributed by atoms with E-state index in [2.05, 4.69) is 10.2 Å². The van der Waals surface area contributed by atoms with Crippen molar-refractivity contribution < 1.29 is 27.0 Å². The molecule has 0 aliphatic carbocycles. The summed E-state index contributed by atoms with van der Waals surface area (Å²) in [5.74, 6) is -0.824. The fourth-order valence-electron chi connectivity index (χ4n) is 5.49. The predicted octanol–water partition coefficient (Wildman–Crippen LogP) is 2.48. The number of amides is 3. The average Bonchev–Trinajstić information content (AvgIpc) is 3.19. The normalized spacial score (nSPS) is 21.1. The number of hydrogen-bond acceptors (Lipinski definition) is 7. The van der Waals surface area contributed by atoms with E-state index >= 15 is 0 Å². The molecule has 3 amide bonds. The summed E-state index contributed by atoms with van der Waals surface area (Å²) in [4.78, 5) is 40.9. The molecule has 2 aromatic rings. The van der Waals surface area contributed by atoms with Crippen LogP contribution in [0.2, 0.25) is 0 Å². The third-order valence-electron chi connectivity index (χ3n) is 7.47. The van der Waals surface area contributed by atoms with E-state index < -0.39 is 22.1 Å². The number of carbonyl (C=O) groups excluding carboxylic acids is 3. The molecule has 10 heteroatoms. The Morgan fingerprint density at radius 1 is 1.00 bits per heavy atom. The van der Waals surface area contributed by atoms with Crippen molar-refractivity contribution in [2.45, 2.75) is 56.0 Å². The van der Waals surface area contributed by atoms with Gasteiger partial charge in [-0.3, -0.25) is 23.9 Å². The lowest BCUT2D eigenvalue weighted by atomic mass is 9.88. The van der Waals surface area contributed by atoms with E-state index in [1.807, 2.05) is 31.2 Å². The summed E-state index contributed by atoms with van der Waals surface area (Å²) < 4.78 is 29.7. The Morgan fingerprint density at radius 3 is 2.44 bits per heavy atom. The summed E-state index contributed by atoms with van der Waals surface area (Å²) in [6.07, 6.45) is 2.10. The van der Waals surface area contributed by atoms with Gasteiger partial charge in [0.25, 0.3) is 16.0 Å². The van der Waals surface area contributed by atoms with Crippen molar-refractivity contribution in [2.24, 2.45) is 0 Å². The van der Waals surface area contributed by atoms with Gasteiger partial charge in [0.2, 0.25) is 11.8 Å². The summed E-state index contributed by atoms with van der Waals surface area (Å²) in [6, 6.07) is 10.5. The highest BCUT2D eigenvalue weighted by atomic mass is 32.2. The monoisotopic (exact) mass is 511 g/mol. The molecule has 2 saturated heterocycles. The Morgan fingerprint density at radius 2 is 1.75 bits per heavy atom. The van der Waals surface area contributed by atoms with Gasteiger partial charge in [-0.15, -0.1) is 0 Å². The first-order valence-corrected chi connectivity index (χ1v) is 13.5. The zero-order chi connectivity index (χ0) is 25.6. The molecule has 1 atom stereocenters. The lowest BCUT2D eigenvalue weighted by Gasteiger charge is -2.34. The summed E-state index contributed by atoms with van der Waals surface area (Å²) in [6.45, 7) is 3.73. The number of piperidine rings is 2. The van der Waals surface area contributed by atoms with Crippen molar-refractivity contribution in [2.75, 3.05) is 25.1 Å². The third-order valence-corrected chi connectivity index (χ3v) is 8.82. The standard InChI is InChI=1S/C26H29N3O6S/c1-16-3-7-23(36(33,34)35-2)20(13-16)17-9-11-28(12-10-17)19-5-4-18-15-29(26(32)21(18)14-19)22-6-8-24(30)27-25(22)31/h3-5,7,13-14,17,22H,6,8-12,15H2,1-2H3,(H,27,30,31). The van der Waals surface area contributed by atoms with Gasteiger partial charge in [0.05, 0.1) is 12.0 Å². The average molecular weight is 512 g/mol. The Labute approximate surface area is 210 Å². The van der Waals surface area contributed by atoms with E-state index in [1.165, 1.54) is 7.11 Å². The van der Waals surface area contributed by atoms with Crippen LogP contribution < -0.4 is 10.2 Å². The molecule has 36 heavy (non-hydrogen) atoms. The second-order valence-electron chi connectivity index (χ2n) is 9.66. The highest BCUT2D eigenvalue weighted by Crippen LogP contribution is 2.36. The fourth-order valence-corrected chi connectivity index (χ4v) is 6.42. The summed E-state index contributed by atoms with van der Waals surface area (Å²) in [7, 11) is -2.62. The molecule has 190 valence electrons. The highest BCUT2D eigenvalue weighted by molar-refractivity contribution is 7.86. The number of imide groups is 1. The summed E-state index contributed by atoms with van der Waals surface area (Å²) in [5, 5.41) is 2.33. The minimum atomic E-state index is -3.80. The van der Waals surface area contributed by atoms with Gasteiger partial charge < -0.3 is 9.80 Å². The number of carbonyl (C=O) groups is 3. The van der Waals surface area contributed by atoms with Crippen LogP contribution in [0.25, 0.3) is 0 Å². The van der Waals surface area contributed by atoms with Crippen molar-refractivity contribution in [3.8, 4) is 0 Å². The molecule has 2 fully saturated rings. The molecule has 0 spiro atoms. The molecule has 9 nitrogen and oxygen atoms in total. The number of hydrogen-bond donors (Lipinski definition) is 1. The first-order chi connectivity index (χ1) is 17.2. The van der Waals surface area contributed by atoms with Crippen molar-refractivity contribution in [1.82, 2.24) is 10.2 Å². The van der Waals surface area contributed by atoms with Gasteiger partial charge in [-0.2, -0.15) is 8.42 Å². The third kappa shape index (κ3) is 4.39. The Bertz CT molecular complexity index is 1350. The maximum Gasteiger partial charge on any atom is 0.296 e. The van der Waals surface area contributed by atoms with Gasteiger partial charge in [0.1, 0.15) is 6.04 Å². The minimum Gasteiger partial charge on any atom is -0.371 e. The van der Waals surface area contributed by atoms with Crippen LogP contribution >= 0.6 is 0 Å². The van der Waals surface area contributed by atoms with Crippen LogP contribution in [0.5, 0.6) is 0 Å². The Kier molecular flexibility index (Phi) is 6.34. The highest BCUT2D eigenvalue weighted by Gasteiger charge is 2.39. The Hall–Kier alpha value is -3.24. The molecule has 1 N–H and O–H groups in total. The smallest absolute Gasteiger partial charge is 0.296 e. The van der Waals surface area contributed by atoms with E-state index in [0.29, 0.717) is 18.5 Å². The maximum absolute atomic E-state index is 13.2. The Balaban J connectivity index is 1.31. The van der Waals surface area contributed by atoms with E-state index in [4.69, 9.17) is 4.18 Å². The first-order valence-electron chi connectivity index (χ1n) is 12.1. The van der Waals surface area contributed by atoms with Gasteiger partial charge in [-0.25, -0.2) is 0 Å². The number of rotatable bonds is 5. The maximum atomic E-state index is 13.2. The van der Waals surface area contributed by atoms with E-state index in [0.717, 1.165) is 48.3 Å². The lowest BCUT2D eigenvalue weighted by Crippen LogP contribution is -2.52. The minimum absolute atomic E-state index is 0.0835. The van der Waals surface area contributed by atoms with E-state index in [9.17, 15) is 22.8 Å². The lowest BCUT2D eigenvalue weighted by molar-refractivity contribution is -0.136. The van der Waals surface area contributed by atoms with E-state index in [1.54, 1.807) is 17.0 Å². The van der Waals surface area contributed by atoms with Crippen molar-refractivity contribution in [3.63, 3.8) is 0 Å². The van der Waals surface area contributed by atoms with Gasteiger partial charge >= 0.3 is 0 Å². The zero-order valence-corrected chi connectivity index (χ0v) is 21.1.